The lowest BCUT2D eigenvalue weighted by atomic mass is 10.0. The summed E-state index contributed by atoms with van der Waals surface area (Å²) in [4.78, 5) is 10.7. The van der Waals surface area contributed by atoms with Crippen LogP contribution in [0, 0.1) is 0 Å². The molecule has 1 unspecified atom stereocenters. The van der Waals surface area contributed by atoms with Gasteiger partial charge in [0, 0.05) is 5.69 Å². The SMILES string of the molecule is O=C(O)C1(O)C=Cc2ccccc2N1. The van der Waals surface area contributed by atoms with E-state index in [-0.39, 0.29) is 0 Å². The van der Waals surface area contributed by atoms with Gasteiger partial charge >= 0.3 is 5.97 Å². The van der Waals surface area contributed by atoms with Crippen molar-refractivity contribution in [3.05, 3.63) is 35.9 Å². The van der Waals surface area contributed by atoms with Gasteiger partial charge in [-0.25, -0.2) is 4.79 Å². The molecule has 1 aliphatic rings. The first-order valence-corrected chi connectivity index (χ1v) is 4.14. The fourth-order valence-corrected chi connectivity index (χ4v) is 1.34. The summed E-state index contributed by atoms with van der Waals surface area (Å²) in [6.45, 7) is 0. The number of anilines is 1. The van der Waals surface area contributed by atoms with Crippen LogP contribution >= 0.6 is 0 Å². The van der Waals surface area contributed by atoms with Crippen LogP contribution in [0.5, 0.6) is 0 Å². The van der Waals surface area contributed by atoms with Gasteiger partial charge in [0.05, 0.1) is 0 Å². The number of hydrogen-bond donors (Lipinski definition) is 3. The predicted molar refractivity (Wildman–Crippen MR) is 51.7 cm³/mol. The van der Waals surface area contributed by atoms with E-state index >= 15 is 0 Å². The minimum atomic E-state index is -1.99. The van der Waals surface area contributed by atoms with Gasteiger partial charge in [-0.3, -0.25) is 0 Å². The second kappa shape index (κ2) is 2.85. The van der Waals surface area contributed by atoms with E-state index in [1.54, 1.807) is 18.2 Å². The maximum atomic E-state index is 10.7. The number of hydrogen-bond acceptors (Lipinski definition) is 3. The summed E-state index contributed by atoms with van der Waals surface area (Å²) in [5.41, 5.74) is -0.521. The molecule has 0 bridgehead atoms. The molecule has 1 aromatic rings. The molecule has 0 saturated carbocycles. The molecular formula is C10H9NO3. The summed E-state index contributed by atoms with van der Waals surface area (Å²) in [5, 5.41) is 20.9. The van der Waals surface area contributed by atoms with Crippen LogP contribution in [-0.2, 0) is 4.79 Å². The van der Waals surface area contributed by atoms with Crippen molar-refractivity contribution in [2.24, 2.45) is 0 Å². The average molecular weight is 191 g/mol. The number of para-hydroxylation sites is 1. The number of carbonyl (C=O) groups is 1. The van der Waals surface area contributed by atoms with Crippen LogP contribution < -0.4 is 5.32 Å². The minimum Gasteiger partial charge on any atom is -0.477 e. The van der Waals surface area contributed by atoms with Crippen molar-refractivity contribution in [3.8, 4) is 0 Å². The Morgan fingerprint density at radius 1 is 1.36 bits per heavy atom. The highest BCUT2D eigenvalue weighted by atomic mass is 16.4. The van der Waals surface area contributed by atoms with Crippen LogP contribution in [0.15, 0.2) is 30.3 Å². The van der Waals surface area contributed by atoms with Crippen LogP contribution in [0.4, 0.5) is 5.69 Å². The van der Waals surface area contributed by atoms with Crippen molar-refractivity contribution in [2.45, 2.75) is 5.72 Å². The maximum absolute atomic E-state index is 10.7. The van der Waals surface area contributed by atoms with Gasteiger partial charge in [0.2, 0.25) is 0 Å². The Kier molecular flexibility index (Phi) is 1.79. The topological polar surface area (TPSA) is 69.6 Å². The summed E-state index contributed by atoms with van der Waals surface area (Å²) in [6, 6.07) is 7.16. The van der Waals surface area contributed by atoms with Gasteiger partial charge in [0.1, 0.15) is 0 Å². The Labute approximate surface area is 80.5 Å². The number of nitrogens with one attached hydrogen (secondary N) is 1. The Bertz CT molecular complexity index is 414. The third-order valence-electron chi connectivity index (χ3n) is 2.12. The molecule has 14 heavy (non-hydrogen) atoms. The van der Waals surface area contributed by atoms with E-state index in [0.717, 1.165) is 5.56 Å². The molecule has 0 spiro atoms. The van der Waals surface area contributed by atoms with Gasteiger partial charge in [-0.05, 0) is 17.7 Å². The molecule has 3 N–H and O–H groups in total. The Hall–Kier alpha value is -1.81. The lowest BCUT2D eigenvalue weighted by molar-refractivity contribution is -0.150. The van der Waals surface area contributed by atoms with Crippen LogP contribution in [-0.4, -0.2) is 21.9 Å². The number of benzene rings is 1. The van der Waals surface area contributed by atoms with E-state index in [9.17, 15) is 9.90 Å². The number of carboxylic acids is 1. The summed E-state index contributed by atoms with van der Waals surface area (Å²) in [6.07, 6.45) is 2.80. The number of aliphatic carboxylic acids is 1. The fraction of sp³-hybridized carbons (Fsp3) is 0.100. The first-order valence-electron chi connectivity index (χ1n) is 4.14. The molecule has 0 saturated heterocycles. The van der Waals surface area contributed by atoms with Crippen molar-refractivity contribution >= 4 is 17.7 Å². The fourth-order valence-electron chi connectivity index (χ4n) is 1.34. The highest BCUT2D eigenvalue weighted by Crippen LogP contribution is 2.26. The Morgan fingerprint density at radius 2 is 2.07 bits per heavy atom. The first-order chi connectivity index (χ1) is 6.62. The van der Waals surface area contributed by atoms with E-state index in [1.807, 2.05) is 12.1 Å². The summed E-state index contributed by atoms with van der Waals surface area (Å²) >= 11 is 0. The molecule has 0 aromatic heterocycles. The van der Waals surface area contributed by atoms with Gasteiger partial charge in [-0.15, -0.1) is 0 Å². The molecule has 4 nitrogen and oxygen atoms in total. The molecule has 0 amide bonds. The molecule has 1 atom stereocenters. The van der Waals surface area contributed by atoms with Crippen LogP contribution in [0.25, 0.3) is 6.08 Å². The largest absolute Gasteiger partial charge is 0.477 e. The zero-order chi connectivity index (χ0) is 10.2. The second-order valence-corrected chi connectivity index (χ2v) is 3.12. The summed E-state index contributed by atoms with van der Waals surface area (Å²) in [7, 11) is 0. The van der Waals surface area contributed by atoms with E-state index in [4.69, 9.17) is 5.11 Å². The van der Waals surface area contributed by atoms with E-state index in [2.05, 4.69) is 5.32 Å². The first kappa shape index (κ1) is 8.77. The minimum absolute atomic E-state index is 0.611. The van der Waals surface area contributed by atoms with Gasteiger partial charge in [-0.2, -0.15) is 0 Å². The van der Waals surface area contributed by atoms with E-state index < -0.39 is 11.7 Å². The Morgan fingerprint density at radius 3 is 2.79 bits per heavy atom. The molecule has 72 valence electrons. The molecule has 1 heterocycles. The normalized spacial score (nSPS) is 23.8. The summed E-state index contributed by atoms with van der Waals surface area (Å²) < 4.78 is 0. The van der Waals surface area contributed by atoms with E-state index in [0.29, 0.717) is 5.69 Å². The third-order valence-corrected chi connectivity index (χ3v) is 2.12. The highest BCUT2D eigenvalue weighted by molar-refractivity contribution is 5.88. The molecular weight excluding hydrogens is 182 g/mol. The maximum Gasteiger partial charge on any atom is 0.361 e. The predicted octanol–water partition coefficient (Wildman–Crippen LogP) is 0.899. The van der Waals surface area contributed by atoms with Crippen molar-refractivity contribution in [3.63, 3.8) is 0 Å². The molecule has 4 heteroatoms. The molecule has 0 radical (unpaired) electrons. The van der Waals surface area contributed by atoms with Crippen molar-refractivity contribution in [1.29, 1.82) is 0 Å². The van der Waals surface area contributed by atoms with Crippen molar-refractivity contribution in [2.75, 3.05) is 5.32 Å². The zero-order valence-corrected chi connectivity index (χ0v) is 7.27. The second-order valence-electron chi connectivity index (χ2n) is 3.12. The highest BCUT2D eigenvalue weighted by Gasteiger charge is 2.35. The lowest BCUT2D eigenvalue weighted by Gasteiger charge is -2.26. The standard InChI is InChI=1S/C10H9NO3/c12-9(13)10(14)6-5-7-3-1-2-4-8(7)11-10/h1-6,11,14H,(H,12,13). The molecule has 2 rings (SSSR count). The number of aliphatic hydroxyl groups is 1. The number of carboxylic acid groups (broad SMARTS) is 1. The quantitative estimate of drug-likeness (QED) is 0.616. The van der Waals surface area contributed by atoms with Crippen LogP contribution in [0.2, 0.25) is 0 Å². The molecule has 0 aliphatic carbocycles. The van der Waals surface area contributed by atoms with E-state index in [1.165, 1.54) is 6.08 Å². The molecule has 1 aliphatic heterocycles. The molecule has 0 fully saturated rings. The lowest BCUT2D eigenvalue weighted by Crippen LogP contribution is -2.45. The number of fused-ring (bicyclic) bond motifs is 1. The smallest absolute Gasteiger partial charge is 0.361 e. The van der Waals surface area contributed by atoms with Gasteiger partial charge in [0.25, 0.3) is 5.72 Å². The van der Waals surface area contributed by atoms with Crippen LogP contribution in [0.1, 0.15) is 5.56 Å². The Balaban J connectivity index is 2.43. The average Bonchev–Trinajstić information content (AvgIpc) is 2.17. The monoisotopic (exact) mass is 191 g/mol. The summed E-state index contributed by atoms with van der Waals surface area (Å²) in [5.74, 6) is -1.32. The van der Waals surface area contributed by atoms with Gasteiger partial charge in [-0.1, -0.05) is 24.3 Å². The van der Waals surface area contributed by atoms with Crippen molar-refractivity contribution < 1.29 is 15.0 Å². The van der Waals surface area contributed by atoms with Crippen molar-refractivity contribution in [1.82, 2.24) is 0 Å². The third kappa shape index (κ3) is 1.25. The van der Waals surface area contributed by atoms with Gasteiger partial charge < -0.3 is 15.5 Å². The number of rotatable bonds is 1. The zero-order valence-electron chi connectivity index (χ0n) is 7.27. The molecule has 1 aromatic carbocycles. The van der Waals surface area contributed by atoms with Gasteiger partial charge in [0.15, 0.2) is 0 Å². The van der Waals surface area contributed by atoms with Crippen LogP contribution in [0.3, 0.4) is 0 Å².